The van der Waals surface area contributed by atoms with Crippen LogP contribution in [0.3, 0.4) is 0 Å². The maximum Gasteiger partial charge on any atom is 0.434 e. The van der Waals surface area contributed by atoms with Gasteiger partial charge in [-0.3, -0.25) is 4.84 Å². The van der Waals surface area contributed by atoms with E-state index in [4.69, 9.17) is 9.57 Å². The molecule has 4 heteroatoms. The van der Waals surface area contributed by atoms with Crippen molar-refractivity contribution in [2.75, 3.05) is 0 Å². The third-order valence-corrected chi connectivity index (χ3v) is 3.23. The predicted octanol–water partition coefficient (Wildman–Crippen LogP) is 2.66. The number of hydrogen-bond acceptors (Lipinski definition) is 3. The number of hydroxylamine groups is 2. The minimum Gasteiger partial charge on any atom is -0.443 e. The number of amides is 1. The van der Waals surface area contributed by atoms with Gasteiger partial charge in [0.25, 0.3) is 0 Å². The van der Waals surface area contributed by atoms with Crippen LogP contribution in [0.25, 0.3) is 0 Å². The van der Waals surface area contributed by atoms with E-state index in [1.54, 1.807) is 0 Å². The van der Waals surface area contributed by atoms with Crippen molar-refractivity contribution in [1.82, 2.24) is 5.06 Å². The van der Waals surface area contributed by atoms with Crippen molar-refractivity contribution in [2.24, 2.45) is 0 Å². The second-order valence-corrected chi connectivity index (χ2v) is 4.54. The molecule has 1 fully saturated rings. The van der Waals surface area contributed by atoms with Crippen LogP contribution in [0.2, 0.25) is 0 Å². The van der Waals surface area contributed by atoms with Gasteiger partial charge >= 0.3 is 6.09 Å². The third kappa shape index (κ3) is 2.24. The topological polar surface area (TPSA) is 38.8 Å². The number of rotatable bonds is 2. The lowest BCUT2D eigenvalue weighted by Gasteiger charge is -2.39. The Hall–Kier alpha value is -1.81. The summed E-state index contributed by atoms with van der Waals surface area (Å²) in [6.45, 7) is 0.278. The van der Waals surface area contributed by atoms with Crippen LogP contribution in [0.1, 0.15) is 18.4 Å². The molecule has 1 aromatic carbocycles. The first-order chi connectivity index (χ1) is 8.83. The fourth-order valence-corrected chi connectivity index (χ4v) is 2.25. The predicted molar refractivity (Wildman–Crippen MR) is 65.5 cm³/mol. The van der Waals surface area contributed by atoms with Crippen LogP contribution >= 0.6 is 0 Å². The molecular weight excluding hydrogens is 230 g/mol. The fourth-order valence-electron chi connectivity index (χ4n) is 2.25. The average molecular weight is 245 g/mol. The van der Waals surface area contributed by atoms with Gasteiger partial charge < -0.3 is 4.74 Å². The minimum atomic E-state index is -0.405. The first-order valence-electron chi connectivity index (χ1n) is 6.18. The zero-order chi connectivity index (χ0) is 12.4. The molecule has 1 saturated heterocycles. The summed E-state index contributed by atoms with van der Waals surface area (Å²) in [5, 5.41) is 1.36. The van der Waals surface area contributed by atoms with Gasteiger partial charge in [-0.05, 0) is 18.4 Å². The van der Waals surface area contributed by atoms with Gasteiger partial charge in [-0.2, -0.15) is 5.06 Å². The van der Waals surface area contributed by atoms with Crippen LogP contribution in [0, 0.1) is 0 Å². The minimum absolute atomic E-state index is 0.0262. The third-order valence-electron chi connectivity index (χ3n) is 3.23. The van der Waals surface area contributed by atoms with Crippen LogP contribution in [0.4, 0.5) is 4.79 Å². The Morgan fingerprint density at radius 3 is 2.72 bits per heavy atom. The van der Waals surface area contributed by atoms with Crippen LogP contribution < -0.4 is 0 Å². The normalized spacial score (nSPS) is 25.2. The SMILES string of the molecule is O=C(OCc1ccccc1)N1OC2C=CC1CC2. The molecule has 1 aromatic rings. The van der Waals surface area contributed by atoms with Crippen LogP contribution in [-0.4, -0.2) is 23.3 Å². The number of ether oxygens (including phenoxy) is 1. The number of nitrogens with zero attached hydrogens (tertiary/aromatic N) is 1. The number of hydrogen-bond donors (Lipinski definition) is 0. The Kier molecular flexibility index (Phi) is 3.02. The quantitative estimate of drug-likeness (QED) is 0.752. The van der Waals surface area contributed by atoms with E-state index in [2.05, 4.69) is 0 Å². The molecule has 2 heterocycles. The molecule has 94 valence electrons. The van der Waals surface area contributed by atoms with Crippen molar-refractivity contribution < 1.29 is 14.4 Å². The Morgan fingerprint density at radius 1 is 1.28 bits per heavy atom. The van der Waals surface area contributed by atoms with Gasteiger partial charge in [-0.15, -0.1) is 0 Å². The highest BCUT2D eigenvalue weighted by Crippen LogP contribution is 2.27. The highest BCUT2D eigenvalue weighted by Gasteiger charge is 2.35. The molecule has 0 N–H and O–H groups in total. The molecule has 4 nitrogen and oxygen atoms in total. The number of carbonyl (C=O) groups is 1. The summed E-state index contributed by atoms with van der Waals surface area (Å²) >= 11 is 0. The summed E-state index contributed by atoms with van der Waals surface area (Å²) in [5.74, 6) is 0. The Bertz CT molecular complexity index is 457. The number of benzene rings is 1. The van der Waals surface area contributed by atoms with Gasteiger partial charge in [0.2, 0.25) is 0 Å². The summed E-state index contributed by atoms with van der Waals surface area (Å²) in [5.41, 5.74) is 0.976. The first kappa shape index (κ1) is 11.3. The van der Waals surface area contributed by atoms with Crippen molar-refractivity contribution >= 4 is 6.09 Å². The van der Waals surface area contributed by atoms with Gasteiger partial charge in [-0.25, -0.2) is 4.79 Å². The van der Waals surface area contributed by atoms with Crippen LogP contribution in [0.15, 0.2) is 42.5 Å². The first-order valence-corrected chi connectivity index (χ1v) is 6.18. The van der Waals surface area contributed by atoms with Gasteiger partial charge in [0, 0.05) is 0 Å². The van der Waals surface area contributed by atoms with E-state index in [1.165, 1.54) is 5.06 Å². The highest BCUT2D eigenvalue weighted by atomic mass is 16.7. The Morgan fingerprint density at radius 2 is 2.11 bits per heavy atom. The van der Waals surface area contributed by atoms with E-state index in [0.29, 0.717) is 0 Å². The number of fused-ring (bicyclic) bond motifs is 2. The largest absolute Gasteiger partial charge is 0.443 e. The lowest BCUT2D eigenvalue weighted by Crippen LogP contribution is -2.48. The van der Waals surface area contributed by atoms with Crippen LogP contribution in [0.5, 0.6) is 0 Å². The molecule has 0 aromatic heterocycles. The summed E-state index contributed by atoms with van der Waals surface area (Å²) in [4.78, 5) is 17.4. The molecule has 2 atom stereocenters. The van der Waals surface area contributed by atoms with Gasteiger partial charge in [0.15, 0.2) is 0 Å². The standard InChI is InChI=1S/C14H15NO3/c16-14(17-10-11-4-2-1-3-5-11)15-12-6-8-13(18-15)9-7-12/h1-6,8,12-13H,7,9-10H2. The lowest BCUT2D eigenvalue weighted by atomic mass is 9.99. The molecule has 2 bridgehead atoms. The van der Waals surface area contributed by atoms with E-state index < -0.39 is 6.09 Å². The summed E-state index contributed by atoms with van der Waals surface area (Å²) in [6.07, 6.45) is 5.57. The molecule has 3 aliphatic rings. The van der Waals surface area contributed by atoms with E-state index in [1.807, 2.05) is 42.5 Å². The maximum absolute atomic E-state index is 11.9. The maximum atomic E-state index is 11.9. The Labute approximate surface area is 106 Å². The molecule has 1 aliphatic carbocycles. The molecule has 0 radical (unpaired) electrons. The molecule has 0 spiro atoms. The van der Waals surface area contributed by atoms with Crippen molar-refractivity contribution in [1.29, 1.82) is 0 Å². The monoisotopic (exact) mass is 245 g/mol. The fraction of sp³-hybridized carbons (Fsp3) is 0.357. The summed E-state index contributed by atoms with van der Waals surface area (Å²) in [6, 6.07) is 9.66. The van der Waals surface area contributed by atoms with E-state index >= 15 is 0 Å². The molecule has 1 amide bonds. The van der Waals surface area contributed by atoms with Crippen molar-refractivity contribution in [3.63, 3.8) is 0 Å². The van der Waals surface area contributed by atoms with Gasteiger partial charge in [-0.1, -0.05) is 42.5 Å². The molecule has 2 unspecified atom stereocenters. The molecule has 18 heavy (non-hydrogen) atoms. The molecule has 2 aliphatic heterocycles. The molecule has 4 rings (SSSR count). The van der Waals surface area contributed by atoms with E-state index in [9.17, 15) is 4.79 Å². The zero-order valence-corrected chi connectivity index (χ0v) is 9.99. The van der Waals surface area contributed by atoms with Crippen molar-refractivity contribution in [3.05, 3.63) is 48.0 Å². The highest BCUT2D eigenvalue weighted by molar-refractivity contribution is 5.67. The lowest BCUT2D eigenvalue weighted by molar-refractivity contribution is -0.209. The second-order valence-electron chi connectivity index (χ2n) is 4.54. The molecular formula is C14H15NO3. The van der Waals surface area contributed by atoms with E-state index in [-0.39, 0.29) is 18.8 Å². The number of carbonyl (C=O) groups excluding carboxylic acids is 1. The summed E-state index contributed by atoms with van der Waals surface area (Å²) < 4.78 is 5.25. The molecule has 0 saturated carbocycles. The van der Waals surface area contributed by atoms with E-state index in [0.717, 1.165) is 18.4 Å². The zero-order valence-electron chi connectivity index (χ0n) is 9.99. The average Bonchev–Trinajstić information content (AvgIpc) is 2.47. The van der Waals surface area contributed by atoms with Crippen molar-refractivity contribution in [3.8, 4) is 0 Å². The summed E-state index contributed by atoms with van der Waals surface area (Å²) in [7, 11) is 0. The van der Waals surface area contributed by atoms with Crippen LogP contribution in [-0.2, 0) is 16.2 Å². The Balaban J connectivity index is 1.58. The van der Waals surface area contributed by atoms with Crippen molar-refractivity contribution in [2.45, 2.75) is 31.6 Å². The van der Waals surface area contributed by atoms with Gasteiger partial charge in [0.1, 0.15) is 12.7 Å². The van der Waals surface area contributed by atoms with Gasteiger partial charge in [0.05, 0.1) is 6.04 Å². The second kappa shape index (κ2) is 4.82. The smallest absolute Gasteiger partial charge is 0.434 e.